The van der Waals surface area contributed by atoms with Crippen LogP contribution in [0.15, 0.2) is 17.5 Å². The Morgan fingerprint density at radius 3 is 2.48 bits per heavy atom. The standard InChI is InChI=1S/C22H41N3O4S2/c1-5-12-25(13-6-2)31(27,28)15-10-22(26)29-21(17-24-11-9-18(3)4)20(23)16-19-8-7-14-30-19/h7-8,14,18,20-21,24H,5-6,9-13,15-17,23H2,1-4H3/t20-,21-/m1/s1. The first-order valence-electron chi connectivity index (χ1n) is 11.4. The van der Waals surface area contributed by atoms with Gasteiger partial charge in [0.05, 0.1) is 12.2 Å². The van der Waals surface area contributed by atoms with E-state index < -0.39 is 22.1 Å². The van der Waals surface area contributed by atoms with Crippen molar-refractivity contribution < 1.29 is 17.9 Å². The van der Waals surface area contributed by atoms with Crippen LogP contribution in [0.5, 0.6) is 0 Å². The summed E-state index contributed by atoms with van der Waals surface area (Å²) < 4.78 is 32.3. The maximum Gasteiger partial charge on any atom is 0.307 e. The molecule has 1 aromatic heterocycles. The smallest absolute Gasteiger partial charge is 0.307 e. The molecule has 0 aliphatic rings. The van der Waals surface area contributed by atoms with E-state index in [2.05, 4.69) is 19.2 Å². The number of carbonyl (C=O) groups is 1. The predicted molar refractivity (Wildman–Crippen MR) is 129 cm³/mol. The van der Waals surface area contributed by atoms with Gasteiger partial charge < -0.3 is 15.8 Å². The molecule has 3 N–H and O–H groups in total. The van der Waals surface area contributed by atoms with Crippen molar-refractivity contribution in [3.8, 4) is 0 Å². The number of ether oxygens (including phenoxy) is 1. The minimum atomic E-state index is -3.48. The summed E-state index contributed by atoms with van der Waals surface area (Å²) in [6.45, 7) is 10.4. The van der Waals surface area contributed by atoms with Gasteiger partial charge in [-0.15, -0.1) is 11.3 Å². The van der Waals surface area contributed by atoms with E-state index in [0.717, 1.165) is 30.7 Å². The quantitative estimate of drug-likeness (QED) is 0.265. The van der Waals surface area contributed by atoms with Gasteiger partial charge >= 0.3 is 5.97 Å². The lowest BCUT2D eigenvalue weighted by Gasteiger charge is -2.25. The molecule has 0 unspecified atom stereocenters. The average molecular weight is 476 g/mol. The first-order chi connectivity index (χ1) is 14.7. The van der Waals surface area contributed by atoms with Gasteiger partial charge in [0.15, 0.2) is 0 Å². The highest BCUT2D eigenvalue weighted by Crippen LogP contribution is 2.14. The van der Waals surface area contributed by atoms with Gasteiger partial charge in [-0.3, -0.25) is 4.79 Å². The second-order valence-corrected chi connectivity index (χ2v) is 11.4. The van der Waals surface area contributed by atoms with Crippen LogP contribution in [0.2, 0.25) is 0 Å². The fourth-order valence-electron chi connectivity index (χ4n) is 3.17. The van der Waals surface area contributed by atoms with E-state index in [4.69, 9.17) is 10.5 Å². The summed E-state index contributed by atoms with van der Waals surface area (Å²) in [7, 11) is -3.48. The Morgan fingerprint density at radius 1 is 1.26 bits per heavy atom. The van der Waals surface area contributed by atoms with Gasteiger partial charge in [-0.2, -0.15) is 0 Å². The molecule has 1 rings (SSSR count). The SMILES string of the molecule is CCCN(CCC)S(=O)(=O)CCC(=O)O[C@H](CNCCC(C)C)[C@H](N)Cc1cccs1. The summed E-state index contributed by atoms with van der Waals surface area (Å²) in [5.41, 5.74) is 6.37. The van der Waals surface area contributed by atoms with Crippen molar-refractivity contribution in [3.63, 3.8) is 0 Å². The van der Waals surface area contributed by atoms with Crippen LogP contribution in [0, 0.1) is 5.92 Å². The summed E-state index contributed by atoms with van der Waals surface area (Å²) in [4.78, 5) is 13.6. The number of nitrogens with one attached hydrogen (secondary N) is 1. The number of esters is 1. The lowest BCUT2D eigenvalue weighted by molar-refractivity contribution is -0.149. The van der Waals surface area contributed by atoms with Crippen LogP contribution in [0.25, 0.3) is 0 Å². The van der Waals surface area contributed by atoms with Gasteiger partial charge in [0.2, 0.25) is 10.0 Å². The lowest BCUT2D eigenvalue weighted by atomic mass is 10.1. The number of nitrogens with two attached hydrogens (primary N) is 1. The Labute approximate surface area is 192 Å². The van der Waals surface area contributed by atoms with Crippen LogP contribution in [-0.4, -0.2) is 62.8 Å². The largest absolute Gasteiger partial charge is 0.459 e. The maximum absolute atomic E-state index is 12.6. The Morgan fingerprint density at radius 2 is 1.94 bits per heavy atom. The molecular formula is C22H41N3O4S2. The van der Waals surface area contributed by atoms with Crippen molar-refractivity contribution in [2.75, 3.05) is 31.9 Å². The average Bonchev–Trinajstić information content (AvgIpc) is 3.21. The monoisotopic (exact) mass is 475 g/mol. The van der Waals surface area contributed by atoms with E-state index in [-0.39, 0.29) is 18.2 Å². The third kappa shape index (κ3) is 11.4. The number of hydrogen-bond donors (Lipinski definition) is 2. The molecule has 0 bridgehead atoms. The molecule has 180 valence electrons. The van der Waals surface area contributed by atoms with Crippen molar-refractivity contribution in [1.82, 2.24) is 9.62 Å². The van der Waals surface area contributed by atoms with E-state index in [0.29, 0.717) is 32.0 Å². The molecule has 0 aliphatic carbocycles. The molecule has 0 aromatic carbocycles. The normalized spacial score (nSPS) is 14.2. The van der Waals surface area contributed by atoms with E-state index in [9.17, 15) is 13.2 Å². The van der Waals surface area contributed by atoms with E-state index in [1.54, 1.807) is 11.3 Å². The summed E-state index contributed by atoms with van der Waals surface area (Å²) in [6.07, 6.45) is 2.44. The second kappa shape index (κ2) is 14.9. The molecule has 0 saturated carbocycles. The number of sulfonamides is 1. The second-order valence-electron chi connectivity index (χ2n) is 8.33. The van der Waals surface area contributed by atoms with Gasteiger partial charge in [0.1, 0.15) is 6.10 Å². The van der Waals surface area contributed by atoms with Crippen LogP contribution >= 0.6 is 11.3 Å². The minimum Gasteiger partial charge on any atom is -0.459 e. The molecule has 0 saturated heterocycles. The van der Waals surface area contributed by atoms with Crippen LogP contribution in [0.4, 0.5) is 0 Å². The third-order valence-corrected chi connectivity index (χ3v) is 7.70. The van der Waals surface area contributed by atoms with Gasteiger partial charge in [-0.25, -0.2) is 12.7 Å². The molecule has 0 aliphatic heterocycles. The maximum atomic E-state index is 12.6. The topological polar surface area (TPSA) is 102 Å². The molecule has 9 heteroatoms. The van der Waals surface area contributed by atoms with Crippen molar-refractivity contribution in [2.24, 2.45) is 11.7 Å². The Bertz CT molecular complexity index is 702. The number of hydrogen-bond acceptors (Lipinski definition) is 7. The lowest BCUT2D eigenvalue weighted by Crippen LogP contribution is -2.46. The Hall–Kier alpha value is -1.00. The Balaban J connectivity index is 2.67. The molecule has 7 nitrogen and oxygen atoms in total. The molecule has 1 heterocycles. The van der Waals surface area contributed by atoms with Gasteiger partial charge in [0.25, 0.3) is 0 Å². The molecule has 31 heavy (non-hydrogen) atoms. The first-order valence-corrected chi connectivity index (χ1v) is 13.8. The molecule has 0 amide bonds. The number of nitrogens with zero attached hydrogens (tertiary/aromatic N) is 1. The minimum absolute atomic E-state index is 0.166. The molecule has 0 spiro atoms. The third-order valence-electron chi connectivity index (χ3n) is 4.92. The highest BCUT2D eigenvalue weighted by Gasteiger charge is 2.26. The van der Waals surface area contributed by atoms with Crippen LogP contribution in [0.1, 0.15) is 58.3 Å². The summed E-state index contributed by atoms with van der Waals surface area (Å²) in [5.74, 6) is -0.180. The van der Waals surface area contributed by atoms with Crippen molar-refractivity contribution in [2.45, 2.75) is 71.9 Å². The van der Waals surface area contributed by atoms with Crippen molar-refractivity contribution in [1.29, 1.82) is 0 Å². The van der Waals surface area contributed by atoms with Gasteiger partial charge in [-0.05, 0) is 43.2 Å². The molecule has 1 aromatic rings. The van der Waals surface area contributed by atoms with E-state index in [1.165, 1.54) is 4.31 Å². The Kier molecular flexibility index (Phi) is 13.5. The summed E-state index contributed by atoms with van der Waals surface area (Å²) >= 11 is 1.62. The van der Waals surface area contributed by atoms with Crippen LogP contribution in [0.3, 0.4) is 0 Å². The highest BCUT2D eigenvalue weighted by molar-refractivity contribution is 7.89. The van der Waals surface area contributed by atoms with E-state index in [1.807, 2.05) is 31.4 Å². The fourth-order valence-corrected chi connectivity index (χ4v) is 5.55. The molecule has 2 atom stereocenters. The zero-order valence-electron chi connectivity index (χ0n) is 19.5. The molecular weight excluding hydrogens is 434 g/mol. The van der Waals surface area contributed by atoms with Gasteiger partial charge in [-0.1, -0.05) is 33.8 Å². The fraction of sp³-hybridized carbons (Fsp3) is 0.773. The van der Waals surface area contributed by atoms with Crippen LogP contribution < -0.4 is 11.1 Å². The zero-order valence-corrected chi connectivity index (χ0v) is 21.1. The molecule has 0 radical (unpaired) electrons. The number of thiophene rings is 1. The van der Waals surface area contributed by atoms with E-state index >= 15 is 0 Å². The van der Waals surface area contributed by atoms with Crippen molar-refractivity contribution in [3.05, 3.63) is 22.4 Å². The van der Waals surface area contributed by atoms with Crippen LogP contribution in [-0.2, 0) is 26.0 Å². The van der Waals surface area contributed by atoms with Crippen molar-refractivity contribution >= 4 is 27.3 Å². The predicted octanol–water partition coefficient (Wildman–Crippen LogP) is 3.01. The summed E-state index contributed by atoms with van der Waals surface area (Å²) in [5, 5.41) is 5.32. The zero-order chi connectivity index (χ0) is 23.3. The molecule has 0 fully saturated rings. The highest BCUT2D eigenvalue weighted by atomic mass is 32.2. The number of rotatable bonds is 17. The number of carbonyl (C=O) groups excluding carboxylic acids is 1. The summed E-state index contributed by atoms with van der Waals surface area (Å²) in [6, 6.07) is 3.62. The first kappa shape index (κ1) is 28.0. The van der Waals surface area contributed by atoms with Gasteiger partial charge in [0, 0.05) is 37.0 Å².